The van der Waals surface area contributed by atoms with Crippen LogP contribution in [0.4, 0.5) is 0 Å². The Morgan fingerprint density at radius 2 is 0.688 bits per heavy atom. The molecule has 3 radical (unpaired) electrons. The number of Topliss-reactive ketones (excluding diaryl/α,β-unsaturated/α-hetero) is 1. The number of fused-ring (bicyclic) bond motifs is 1. The normalized spacial score (nSPS) is 10.1. The van der Waals surface area contributed by atoms with Crippen molar-refractivity contribution in [2.24, 2.45) is 0 Å². The fraction of sp³-hybridized carbons (Fsp3) is 0.147. The molecule has 15 aromatic carbocycles. The zero-order valence-electron chi connectivity index (χ0n) is 83.9. The number of hydrogen-bond acceptors (Lipinski definition) is 14. The van der Waals surface area contributed by atoms with Crippen LogP contribution in [0, 0.1) is 55.4 Å². The molecule has 741 valence electrons. The summed E-state index contributed by atoms with van der Waals surface area (Å²) < 4.78 is 31.0. The maximum absolute atomic E-state index is 12.4. The molecule has 0 amide bonds. The summed E-state index contributed by atoms with van der Waals surface area (Å²) in [7, 11) is 7.67. The molecular formula is C116H115B2Br8NaO14P3. The monoisotopic (exact) mass is 2500 g/mol. The number of rotatable bonds is 21. The van der Waals surface area contributed by atoms with Crippen molar-refractivity contribution in [3.8, 4) is 34.5 Å². The zero-order valence-corrected chi connectivity index (χ0v) is 100. The van der Waals surface area contributed by atoms with E-state index in [1.807, 2.05) is 137 Å². The number of ether oxygens (including phenoxy) is 6. The van der Waals surface area contributed by atoms with Crippen molar-refractivity contribution in [1.29, 1.82) is 0 Å². The molecule has 1 aliphatic rings. The van der Waals surface area contributed by atoms with Gasteiger partial charge in [0.1, 0.15) is 74.3 Å². The van der Waals surface area contributed by atoms with E-state index in [1.54, 1.807) is 60.9 Å². The summed E-state index contributed by atoms with van der Waals surface area (Å²) in [6.07, 6.45) is 9.45. The van der Waals surface area contributed by atoms with Crippen molar-refractivity contribution in [2.45, 2.75) is 73.5 Å². The molecule has 0 bridgehead atoms. The van der Waals surface area contributed by atoms with Crippen LogP contribution in [0.15, 0.2) is 364 Å². The van der Waals surface area contributed by atoms with Crippen LogP contribution in [-0.2, 0) is 37.3 Å². The first-order valence-corrected chi connectivity index (χ1v) is 58.4. The number of carbonyl (C=O) groups is 3. The molecule has 14 nitrogen and oxygen atoms in total. The van der Waals surface area contributed by atoms with E-state index in [-0.39, 0.29) is 88.3 Å². The minimum atomic E-state index is -1.87. The number of alkyl halides is 1. The van der Waals surface area contributed by atoms with E-state index in [2.05, 4.69) is 392 Å². The van der Waals surface area contributed by atoms with Crippen LogP contribution in [-0.4, -0.2) is 90.0 Å². The van der Waals surface area contributed by atoms with Gasteiger partial charge < -0.3 is 51.9 Å². The molecule has 0 aromatic heterocycles. The van der Waals surface area contributed by atoms with Gasteiger partial charge in [0.05, 0.1) is 55.4 Å². The van der Waals surface area contributed by atoms with Gasteiger partial charge in [0.2, 0.25) is 0 Å². The van der Waals surface area contributed by atoms with E-state index in [9.17, 15) is 14.4 Å². The summed E-state index contributed by atoms with van der Waals surface area (Å²) in [5.74, 6) is 5.27. The Hall–Kier alpha value is -9.43. The molecule has 15 aromatic rings. The Labute approximate surface area is 946 Å². The SMILES string of the molecule is BrB(Br)Br.BrP(Br)Br.COc1ccc(/C=C/c2ccccc2C)c(C)c1.COc1ccc(C2=Cc3ccccc3C2=O)c(C)c1.COc1ccc(C=O)c(C)c1.COc1ccc(CBr)c(C)c1.COc1ccc(CO)c(C)c1.COc1ccc(C[P+](c2ccccc2)(c2ccccc2)c2ccccc2)c(C)c1.Cc1cccc(C=O)c1.O=C=O.O=C=O.[B].[Br-].[H-].[Na+].c1ccc(P(c2ccccc2)c2ccccc2)cc1. The fourth-order valence-corrected chi connectivity index (χ4v) is 21.4. The number of aryl methyl sites for hydroxylation is 8. The number of aliphatic hydroxyl groups is 1. The van der Waals surface area contributed by atoms with Gasteiger partial charge in [-0.3, -0.25) is 14.4 Å². The Kier molecular flexibility index (Phi) is 67.5. The van der Waals surface area contributed by atoms with E-state index in [4.69, 9.17) is 52.7 Å². The molecule has 0 saturated heterocycles. The average molecular weight is 2510 g/mol. The number of hydrogen-bond donors (Lipinski definition) is 1. The summed E-state index contributed by atoms with van der Waals surface area (Å²) in [5, 5.41) is 18.2. The minimum Gasteiger partial charge on any atom is -1.00 e. The number of halogens is 8. The number of aldehydes is 2. The maximum Gasteiger partial charge on any atom is 1.00 e. The minimum absolute atomic E-state index is 0. The van der Waals surface area contributed by atoms with Crippen LogP contribution >= 0.6 is 129 Å². The Morgan fingerprint density at radius 1 is 0.368 bits per heavy atom. The molecule has 0 unspecified atom stereocenters. The molecule has 1 N–H and O–H groups in total. The van der Waals surface area contributed by atoms with Crippen molar-refractivity contribution >= 4 is 227 Å². The van der Waals surface area contributed by atoms with Crippen molar-refractivity contribution in [1.82, 2.24) is 0 Å². The second kappa shape index (κ2) is 74.4. The van der Waals surface area contributed by atoms with Crippen molar-refractivity contribution in [3.05, 3.63) is 464 Å². The van der Waals surface area contributed by atoms with Crippen LogP contribution < -0.4 is 107 Å². The van der Waals surface area contributed by atoms with Crippen LogP contribution in [0.25, 0.3) is 23.8 Å². The predicted octanol–water partition coefficient (Wildman–Crippen LogP) is 23.3. The first kappa shape index (κ1) is 131. The zero-order chi connectivity index (χ0) is 103. The topological polar surface area (TPSA) is 195 Å². The third-order valence-electron chi connectivity index (χ3n) is 21.4. The van der Waals surface area contributed by atoms with E-state index in [0.717, 1.165) is 114 Å². The van der Waals surface area contributed by atoms with Gasteiger partial charge in [0.25, 0.3) is 0 Å². The number of allylic oxidation sites excluding steroid dienone is 1. The fourth-order valence-electron chi connectivity index (χ4n) is 14.1. The van der Waals surface area contributed by atoms with Gasteiger partial charge in [-0.2, -0.15) is 19.2 Å². The maximum atomic E-state index is 12.4. The van der Waals surface area contributed by atoms with Crippen molar-refractivity contribution in [3.63, 3.8) is 0 Å². The molecular weight excluding hydrogens is 2390 g/mol. The summed E-state index contributed by atoms with van der Waals surface area (Å²) in [4.78, 5) is 65.4. The molecule has 1 aliphatic carbocycles. The summed E-state index contributed by atoms with van der Waals surface area (Å²) in [5.41, 5.74) is 20.3. The summed E-state index contributed by atoms with van der Waals surface area (Å²) in [6, 6.07) is 124. The second-order valence-electron chi connectivity index (χ2n) is 30.5. The van der Waals surface area contributed by atoms with Gasteiger partial charge in [-0.05, 0) is 331 Å². The summed E-state index contributed by atoms with van der Waals surface area (Å²) in [6.45, 7) is 16.4. The Bertz CT molecular complexity index is 6180. The molecule has 28 heteroatoms. The van der Waals surface area contributed by atoms with E-state index in [0.29, 0.717) is 5.56 Å². The standard InChI is InChI=1S/C27H26OP.C18H15P.C17H14O2.C17H18O.C9H11BrO.C9H12O2.C9H10O2.C8H8O.2CO2.BBr3.B.Br3P.BrH.Na.H/c1-22-20-24(28-2)19-18-23(22)21-29(25-12-6-3-7-13-25,26-14-8-4-9-15-26)27-16-10-5-11-17-27;1-4-10-16(11-5-1)19(17-12-6-2-7-13-17)18-14-8-3-9-15-18;1-11-9-13(19-2)7-8-14(11)16-10-12-5-3-4-6-15(12)17(16)18;1-13-6-4-5-7-15(13)8-9-16-10-11-17(18-3)12-14(16)2;3*1-7-5-9(11-2)4-3-8(7)6-10;1-7-3-2-4-8(5-7)6-9;2*2-1-3;2-1(3)4;;1-4(2)3;;;/h3-20H,21H2,1-2H3;1-15H;3-10H,1-2H3;4-12H,1-3H3;3-5H,6H2,1-2H3;3-5,10H,6H2,1-2H3;3-6H,1-2H3;2-6H,1H3;;;;;;1H;;/q+1;;;;;;;;;;;;;;+1;-1/p-1/b;;;9-8+;;;;;;;;;;;;. The number of methoxy groups -OCH3 is 6. The molecule has 0 heterocycles. The molecule has 16 rings (SSSR count). The van der Waals surface area contributed by atoms with Crippen molar-refractivity contribution < 1.29 is 115 Å². The Balaban J connectivity index is 0.000000828. The average Bonchev–Trinajstić information content (AvgIpc) is 0.897. The first-order chi connectivity index (χ1) is 68.0. The van der Waals surface area contributed by atoms with Gasteiger partial charge in [0, 0.05) is 36.0 Å². The van der Waals surface area contributed by atoms with Gasteiger partial charge in [0.15, 0.2) is 5.78 Å². The Morgan fingerprint density at radius 3 is 1.01 bits per heavy atom. The van der Waals surface area contributed by atoms with Crippen LogP contribution in [0.2, 0.25) is 0 Å². The van der Waals surface area contributed by atoms with Crippen LogP contribution in [0.1, 0.15) is 116 Å². The molecule has 0 aliphatic heterocycles. The third kappa shape index (κ3) is 45.5. The number of carbonyl (C=O) groups excluding carboxylic acids is 7. The third-order valence-corrected chi connectivity index (χ3v) is 28.8. The largest absolute Gasteiger partial charge is 1.00 e. The molecule has 0 saturated carbocycles. The van der Waals surface area contributed by atoms with Gasteiger partial charge in [-0.15, -0.1) is 47.3 Å². The molecule has 0 fully saturated rings. The second-order valence-corrected chi connectivity index (χ2v) is 58.6. The van der Waals surface area contributed by atoms with E-state index < -0.39 is 15.2 Å². The van der Waals surface area contributed by atoms with E-state index in [1.165, 1.54) is 76.3 Å². The van der Waals surface area contributed by atoms with E-state index >= 15 is 0 Å². The van der Waals surface area contributed by atoms with Gasteiger partial charge in [-0.1, -0.05) is 276 Å². The molecule has 0 spiro atoms. The molecule has 0 atom stereocenters. The number of aliphatic hydroxyl groups excluding tert-OH is 1. The molecule has 144 heavy (non-hydrogen) atoms. The first-order valence-electron chi connectivity index (χ1n) is 43.8. The predicted molar refractivity (Wildman–Crippen MR) is 623 cm³/mol. The number of ketones is 1. The number of benzene rings is 15. The summed E-state index contributed by atoms with van der Waals surface area (Å²) >= 11 is 22.2. The van der Waals surface area contributed by atoms with Gasteiger partial charge in [-0.25, -0.2) is 0 Å². The quantitative estimate of drug-likeness (QED) is 0.0235. The van der Waals surface area contributed by atoms with Crippen LogP contribution in [0.3, 0.4) is 0 Å². The van der Waals surface area contributed by atoms with Crippen LogP contribution in [0.5, 0.6) is 34.5 Å². The van der Waals surface area contributed by atoms with Crippen molar-refractivity contribution in [2.75, 3.05) is 42.7 Å². The smallest absolute Gasteiger partial charge is 1.00 e. The van der Waals surface area contributed by atoms with Gasteiger partial charge >= 0.3 is 45.0 Å².